The third kappa shape index (κ3) is 6.85. The minimum atomic E-state index is -0.635. The van der Waals surface area contributed by atoms with Gasteiger partial charge in [-0.1, -0.05) is 291 Å². The van der Waals surface area contributed by atoms with E-state index in [0.717, 1.165) is 99.6 Å². The van der Waals surface area contributed by atoms with Gasteiger partial charge in [0, 0.05) is 33.0 Å². The molecule has 0 bridgehead atoms. The molecule has 0 aromatic heterocycles. The van der Waals surface area contributed by atoms with Gasteiger partial charge in [-0.3, -0.25) is 0 Å². The number of nitrogens with zero attached hydrogens (tertiary/aromatic N) is 2. The van der Waals surface area contributed by atoms with Gasteiger partial charge in [-0.2, -0.15) is 0 Å². The number of halogens is 2. The van der Waals surface area contributed by atoms with Crippen LogP contribution in [0.25, 0.3) is 99.1 Å². The molecule has 2 nitrogen and oxygen atoms in total. The van der Waals surface area contributed by atoms with Crippen LogP contribution in [0.1, 0.15) is 44.5 Å². The summed E-state index contributed by atoms with van der Waals surface area (Å²) in [5.74, 6) is -0.647. The topological polar surface area (TPSA) is 6.48 Å². The summed E-state index contributed by atoms with van der Waals surface area (Å²) >= 11 is 0. The van der Waals surface area contributed by atoms with Crippen LogP contribution in [0, 0.1) is 11.6 Å². The van der Waals surface area contributed by atoms with Gasteiger partial charge in [0.1, 0.15) is 0 Å². The fourth-order valence-electron chi connectivity index (χ4n) is 17.6. The summed E-state index contributed by atoms with van der Waals surface area (Å²) in [7, 11) is 0. The molecule has 0 atom stereocenters. The maximum Gasteiger partial charge on any atom is 0.155 e. The van der Waals surface area contributed by atoms with Gasteiger partial charge in [-0.25, -0.2) is 8.78 Å². The monoisotopic (exact) mass is 1200 g/mol. The average Bonchev–Trinajstić information content (AvgIpc) is 1.48. The predicted octanol–water partition coefficient (Wildman–Crippen LogP) is 23.8. The van der Waals surface area contributed by atoms with E-state index in [9.17, 15) is 0 Å². The van der Waals surface area contributed by atoms with Crippen molar-refractivity contribution >= 4 is 66.4 Å². The maximum absolute atomic E-state index is 18.7. The van der Waals surface area contributed by atoms with E-state index >= 15 is 8.78 Å². The molecule has 94 heavy (non-hydrogen) atoms. The third-order valence-corrected chi connectivity index (χ3v) is 21.2. The smallest absolute Gasteiger partial charge is 0.155 e. The van der Waals surface area contributed by atoms with Gasteiger partial charge >= 0.3 is 0 Å². The van der Waals surface area contributed by atoms with Crippen molar-refractivity contribution in [3.05, 3.63) is 384 Å². The first-order chi connectivity index (χ1) is 46.5. The van der Waals surface area contributed by atoms with Crippen LogP contribution in [-0.2, 0) is 10.8 Å². The largest absolute Gasteiger partial charge is 0.306 e. The first-order valence-corrected chi connectivity index (χ1v) is 32.4. The Bertz CT molecular complexity index is 5420. The molecule has 0 N–H and O–H groups in total. The molecule has 0 saturated heterocycles. The van der Waals surface area contributed by atoms with E-state index in [1.165, 1.54) is 55.6 Å². The molecular formula is C90H54F2N2. The molecule has 0 aliphatic heterocycles. The summed E-state index contributed by atoms with van der Waals surface area (Å²) in [6.07, 6.45) is 0. The summed E-state index contributed by atoms with van der Waals surface area (Å²) < 4.78 is 37.4. The first kappa shape index (κ1) is 52.8. The van der Waals surface area contributed by atoms with E-state index in [2.05, 4.69) is 240 Å². The molecule has 438 valence electrons. The molecule has 0 radical (unpaired) electrons. The van der Waals surface area contributed by atoms with Crippen molar-refractivity contribution in [3.8, 4) is 66.8 Å². The highest BCUT2D eigenvalue weighted by Gasteiger charge is 2.54. The Morgan fingerprint density at radius 2 is 0.479 bits per heavy atom. The number of hydrogen-bond donors (Lipinski definition) is 0. The summed E-state index contributed by atoms with van der Waals surface area (Å²) in [5, 5.41) is 6.03. The normalized spacial score (nSPS) is 13.6. The van der Waals surface area contributed by atoms with Gasteiger partial charge in [0.2, 0.25) is 0 Å². The van der Waals surface area contributed by atoms with Crippen LogP contribution in [0.5, 0.6) is 0 Å². The number of benzene rings is 16. The second-order valence-corrected chi connectivity index (χ2v) is 25.4. The Morgan fingerprint density at radius 1 is 0.202 bits per heavy atom. The lowest BCUT2D eigenvalue weighted by Gasteiger charge is -2.33. The van der Waals surface area contributed by atoms with Crippen LogP contribution in [0.15, 0.2) is 328 Å². The molecule has 2 spiro atoms. The van der Waals surface area contributed by atoms with Crippen LogP contribution in [0.3, 0.4) is 0 Å². The predicted molar refractivity (Wildman–Crippen MR) is 383 cm³/mol. The Morgan fingerprint density at radius 3 is 0.851 bits per heavy atom. The number of hydrogen-bond acceptors (Lipinski definition) is 2. The zero-order chi connectivity index (χ0) is 62.0. The SMILES string of the molecule is Fc1c(-c2ccccc2)cccc1N(c1cccc2c1-c1ccccc1C21c2ccccc2-c2ccccc21)c1ccc2ccc3c(N(c4cccc(-c5ccccc5)c4F)c4cccc5c4-c4ccccc4C54c5ccccc5-c5ccccc54)ccc4ccc1c2c43. The molecule has 20 rings (SSSR count). The van der Waals surface area contributed by atoms with E-state index in [4.69, 9.17) is 0 Å². The molecule has 0 amide bonds. The van der Waals surface area contributed by atoms with Crippen LogP contribution in [0.4, 0.5) is 42.9 Å². The quantitative estimate of drug-likeness (QED) is 0.140. The van der Waals surface area contributed by atoms with Crippen molar-refractivity contribution in [2.24, 2.45) is 0 Å². The molecule has 0 fully saturated rings. The van der Waals surface area contributed by atoms with Gasteiger partial charge in [-0.05, 0) is 147 Å². The van der Waals surface area contributed by atoms with Gasteiger partial charge in [-0.15, -0.1) is 0 Å². The van der Waals surface area contributed by atoms with Crippen molar-refractivity contribution in [2.45, 2.75) is 10.8 Å². The van der Waals surface area contributed by atoms with Crippen molar-refractivity contribution in [3.63, 3.8) is 0 Å². The van der Waals surface area contributed by atoms with E-state index in [0.29, 0.717) is 22.5 Å². The van der Waals surface area contributed by atoms with Gasteiger partial charge in [0.25, 0.3) is 0 Å². The van der Waals surface area contributed by atoms with Gasteiger partial charge in [0.15, 0.2) is 11.6 Å². The molecule has 4 aliphatic carbocycles. The third-order valence-electron chi connectivity index (χ3n) is 21.2. The minimum Gasteiger partial charge on any atom is -0.306 e. The molecule has 16 aromatic carbocycles. The number of rotatable bonds is 8. The zero-order valence-electron chi connectivity index (χ0n) is 50.8. The van der Waals surface area contributed by atoms with E-state index in [1.807, 2.05) is 97.1 Å². The Kier molecular flexibility index (Phi) is 11.1. The molecule has 0 heterocycles. The highest BCUT2D eigenvalue weighted by molar-refractivity contribution is 6.28. The lowest BCUT2D eigenvalue weighted by molar-refractivity contribution is 0.632. The number of anilines is 6. The molecule has 16 aromatic rings. The zero-order valence-corrected chi connectivity index (χ0v) is 50.8. The average molecular weight is 1200 g/mol. The lowest BCUT2D eigenvalue weighted by Crippen LogP contribution is -2.26. The summed E-state index contributed by atoms with van der Waals surface area (Å²) in [6, 6.07) is 116. The maximum atomic E-state index is 18.7. The Hall–Kier alpha value is -12.0. The Balaban J connectivity index is 0.861. The van der Waals surface area contributed by atoms with Crippen LogP contribution >= 0.6 is 0 Å². The standard InChI is InChI=1S/C90H54F2N2/c91-87-59(55-23-3-1-4-24-55)33-19-45-81(87)93(79-43-21-41-75-85(79)65-31-11-17-39-73(65)89(75)69-35-13-7-27-61(69)62-28-8-14-36-70(62)89)77-53-49-57-48-52-68-78(54-50-58-47-51-67(77)83(57)84(58)68)94(82-46-20-34-60(88(82)92)56-25-5-2-6-26-56)80-44-22-42-76-86(80)66-32-12-18-40-74(66)90(76)71-37-15-9-29-63(71)64-30-10-16-38-72(64)90/h1-54H. The molecular weight excluding hydrogens is 1150 g/mol. The van der Waals surface area contributed by atoms with Crippen molar-refractivity contribution in [2.75, 3.05) is 9.80 Å². The molecule has 4 aliphatic rings. The van der Waals surface area contributed by atoms with Gasteiger partial charge < -0.3 is 9.80 Å². The minimum absolute atomic E-state index is 0.324. The lowest BCUT2D eigenvalue weighted by atomic mass is 9.70. The summed E-state index contributed by atoms with van der Waals surface area (Å²) in [6.45, 7) is 0. The Labute approximate surface area is 543 Å². The van der Waals surface area contributed by atoms with Gasteiger partial charge in [0.05, 0.1) is 45.0 Å². The van der Waals surface area contributed by atoms with Crippen molar-refractivity contribution in [1.82, 2.24) is 0 Å². The summed E-state index contributed by atoms with van der Waals surface area (Å²) in [5.41, 5.74) is 24.5. The highest BCUT2D eigenvalue weighted by atomic mass is 19.1. The molecule has 4 heteroatoms. The fourth-order valence-corrected chi connectivity index (χ4v) is 17.6. The summed E-state index contributed by atoms with van der Waals surface area (Å²) in [4.78, 5) is 4.40. The van der Waals surface area contributed by atoms with E-state index in [-0.39, 0.29) is 11.6 Å². The first-order valence-electron chi connectivity index (χ1n) is 32.4. The van der Waals surface area contributed by atoms with Crippen LogP contribution < -0.4 is 9.80 Å². The van der Waals surface area contributed by atoms with Crippen LogP contribution in [0.2, 0.25) is 0 Å². The highest BCUT2D eigenvalue weighted by Crippen LogP contribution is 2.67. The second kappa shape index (κ2) is 19.8. The van der Waals surface area contributed by atoms with Crippen molar-refractivity contribution < 1.29 is 8.78 Å². The molecule has 0 unspecified atom stereocenters. The molecule has 0 saturated carbocycles. The fraction of sp³-hybridized carbons (Fsp3) is 0.0222. The second-order valence-electron chi connectivity index (χ2n) is 25.4. The van der Waals surface area contributed by atoms with Crippen LogP contribution in [-0.4, -0.2) is 0 Å². The van der Waals surface area contributed by atoms with E-state index in [1.54, 1.807) is 0 Å². The van der Waals surface area contributed by atoms with Crippen molar-refractivity contribution in [1.29, 1.82) is 0 Å². The van der Waals surface area contributed by atoms with E-state index < -0.39 is 10.8 Å². The number of fused-ring (bicyclic) bond motifs is 20.